The van der Waals surface area contributed by atoms with Crippen LogP contribution in [0.2, 0.25) is 0 Å². The van der Waals surface area contributed by atoms with E-state index >= 15 is 0 Å². The quantitative estimate of drug-likeness (QED) is 0.655. The molecule has 1 aliphatic heterocycles. The molecule has 6 nitrogen and oxygen atoms in total. The maximum Gasteiger partial charge on any atom is 0.287 e. The number of carbonyl (C=O) groups excluding carboxylic acids is 1. The highest BCUT2D eigenvalue weighted by molar-refractivity contribution is 5.92. The van der Waals surface area contributed by atoms with Crippen molar-refractivity contribution in [3.63, 3.8) is 0 Å². The Hall–Kier alpha value is -2.96. The predicted octanol–water partition coefficient (Wildman–Crippen LogP) is 3.95. The van der Waals surface area contributed by atoms with Crippen LogP contribution in [0.3, 0.4) is 0 Å². The molecule has 1 aliphatic rings. The summed E-state index contributed by atoms with van der Waals surface area (Å²) < 4.78 is 11.3. The van der Waals surface area contributed by atoms with Crippen LogP contribution in [0.4, 0.5) is 0 Å². The number of benzene rings is 1. The molecule has 0 spiro atoms. The summed E-state index contributed by atoms with van der Waals surface area (Å²) in [5.41, 5.74) is 5.45. The van der Waals surface area contributed by atoms with Gasteiger partial charge in [-0.1, -0.05) is 18.2 Å². The molecule has 6 heteroatoms. The Morgan fingerprint density at radius 2 is 1.77 bits per heavy atom. The molecule has 1 saturated heterocycles. The van der Waals surface area contributed by atoms with Gasteiger partial charge in [-0.2, -0.15) is 0 Å². The highest BCUT2D eigenvalue weighted by atomic mass is 16.5. The lowest BCUT2D eigenvalue weighted by Crippen LogP contribution is -2.35. The number of carbonyl (C=O) groups is 1. The van der Waals surface area contributed by atoms with Crippen molar-refractivity contribution in [2.75, 3.05) is 26.3 Å². The maximum absolute atomic E-state index is 13.2. The zero-order chi connectivity index (χ0) is 21.8. The van der Waals surface area contributed by atoms with Gasteiger partial charge in [-0.3, -0.25) is 14.7 Å². The average Bonchev–Trinajstić information content (AvgIpc) is 3.15. The number of rotatable bonds is 6. The molecular formula is C25H29N3O3. The molecule has 0 radical (unpaired) electrons. The summed E-state index contributed by atoms with van der Waals surface area (Å²) in [7, 11) is 0. The first-order chi connectivity index (χ1) is 15.0. The van der Waals surface area contributed by atoms with E-state index in [9.17, 15) is 4.79 Å². The molecule has 162 valence electrons. The molecule has 1 unspecified atom stereocenters. The Labute approximate surface area is 183 Å². The number of pyridine rings is 1. The Kier molecular flexibility index (Phi) is 6.49. The van der Waals surface area contributed by atoms with Crippen molar-refractivity contribution in [1.29, 1.82) is 0 Å². The zero-order valence-corrected chi connectivity index (χ0v) is 18.4. The monoisotopic (exact) mass is 419 g/mol. The molecule has 2 aromatic heterocycles. The van der Waals surface area contributed by atoms with Gasteiger partial charge in [-0.15, -0.1) is 0 Å². The minimum atomic E-state index is -0.289. The van der Waals surface area contributed by atoms with E-state index in [1.165, 1.54) is 11.1 Å². The maximum atomic E-state index is 13.2. The lowest BCUT2D eigenvalue weighted by Gasteiger charge is -2.26. The van der Waals surface area contributed by atoms with Gasteiger partial charge in [0.2, 0.25) is 0 Å². The molecule has 31 heavy (non-hydrogen) atoms. The van der Waals surface area contributed by atoms with E-state index < -0.39 is 0 Å². The number of morpholine rings is 1. The summed E-state index contributed by atoms with van der Waals surface area (Å²) in [6.45, 7) is 10.1. The van der Waals surface area contributed by atoms with Gasteiger partial charge in [-0.05, 0) is 61.2 Å². The van der Waals surface area contributed by atoms with Gasteiger partial charge in [0.05, 0.1) is 19.3 Å². The summed E-state index contributed by atoms with van der Waals surface area (Å²) in [6, 6.07) is 11.7. The molecule has 1 amide bonds. The van der Waals surface area contributed by atoms with E-state index in [0.717, 1.165) is 55.3 Å². The van der Waals surface area contributed by atoms with Crippen LogP contribution in [0, 0.1) is 20.8 Å². The Bertz CT molecular complexity index is 1040. The molecular weight excluding hydrogens is 390 g/mol. The third-order valence-electron chi connectivity index (χ3n) is 5.92. The van der Waals surface area contributed by atoms with Crippen LogP contribution in [0.1, 0.15) is 50.2 Å². The van der Waals surface area contributed by atoms with E-state index in [-0.39, 0.29) is 11.9 Å². The number of ether oxygens (including phenoxy) is 1. The Morgan fingerprint density at radius 3 is 2.48 bits per heavy atom. The molecule has 0 bridgehead atoms. The Morgan fingerprint density at radius 1 is 1.03 bits per heavy atom. The fraction of sp³-hybridized carbons (Fsp3) is 0.360. The molecule has 3 aromatic rings. The minimum absolute atomic E-state index is 0.226. The molecule has 0 aliphatic carbocycles. The van der Waals surface area contributed by atoms with Gasteiger partial charge in [0.15, 0.2) is 5.76 Å². The number of nitrogens with zero attached hydrogens (tertiary/aromatic N) is 2. The van der Waals surface area contributed by atoms with Crippen LogP contribution in [-0.2, 0) is 11.3 Å². The third-order valence-corrected chi connectivity index (χ3v) is 5.92. The second-order valence-corrected chi connectivity index (χ2v) is 8.11. The SMILES string of the molecule is Cc1ccc(C(NC(=O)c2cc(CN3CCOCC3)c(C)o2)c2ccncc2)cc1C. The van der Waals surface area contributed by atoms with Gasteiger partial charge in [0.25, 0.3) is 5.91 Å². The van der Waals surface area contributed by atoms with Crippen LogP contribution in [0.25, 0.3) is 0 Å². The van der Waals surface area contributed by atoms with E-state index in [2.05, 4.69) is 47.2 Å². The van der Waals surface area contributed by atoms with Crippen molar-refractivity contribution < 1.29 is 13.9 Å². The molecule has 0 saturated carbocycles. The lowest BCUT2D eigenvalue weighted by molar-refractivity contribution is 0.0340. The summed E-state index contributed by atoms with van der Waals surface area (Å²) in [5.74, 6) is 0.892. The lowest BCUT2D eigenvalue weighted by atomic mass is 9.96. The van der Waals surface area contributed by atoms with Gasteiger partial charge < -0.3 is 14.5 Å². The number of nitrogens with one attached hydrogen (secondary N) is 1. The van der Waals surface area contributed by atoms with Crippen LogP contribution < -0.4 is 5.32 Å². The molecule has 4 rings (SSSR count). The standard InChI is InChI=1S/C25H29N3O3/c1-17-4-5-21(14-18(17)2)24(20-6-8-26-9-7-20)27-25(29)23-15-22(19(3)31-23)16-28-10-12-30-13-11-28/h4-9,14-15,24H,10-13,16H2,1-3H3,(H,27,29). The summed E-state index contributed by atoms with van der Waals surface area (Å²) in [5, 5.41) is 3.16. The van der Waals surface area contributed by atoms with E-state index in [1.54, 1.807) is 12.4 Å². The normalized spacial score (nSPS) is 15.6. The first-order valence-corrected chi connectivity index (χ1v) is 10.7. The minimum Gasteiger partial charge on any atom is -0.456 e. The van der Waals surface area contributed by atoms with Crippen molar-refractivity contribution in [2.24, 2.45) is 0 Å². The average molecular weight is 420 g/mol. The highest BCUT2D eigenvalue weighted by Crippen LogP contribution is 2.25. The van der Waals surface area contributed by atoms with E-state index in [1.807, 2.05) is 25.1 Å². The van der Waals surface area contributed by atoms with E-state index in [0.29, 0.717) is 5.76 Å². The number of aryl methyl sites for hydroxylation is 3. The molecule has 1 aromatic carbocycles. The largest absolute Gasteiger partial charge is 0.456 e. The van der Waals surface area contributed by atoms with Crippen molar-refractivity contribution in [2.45, 2.75) is 33.4 Å². The first kappa shape index (κ1) is 21.3. The van der Waals surface area contributed by atoms with Gasteiger partial charge in [-0.25, -0.2) is 0 Å². The van der Waals surface area contributed by atoms with Crippen LogP contribution in [0.5, 0.6) is 0 Å². The molecule has 1 atom stereocenters. The number of amides is 1. The number of hydrogen-bond acceptors (Lipinski definition) is 5. The van der Waals surface area contributed by atoms with Crippen LogP contribution in [-0.4, -0.2) is 42.1 Å². The topological polar surface area (TPSA) is 67.6 Å². The van der Waals surface area contributed by atoms with Gasteiger partial charge >= 0.3 is 0 Å². The fourth-order valence-corrected chi connectivity index (χ4v) is 3.85. The predicted molar refractivity (Wildman–Crippen MR) is 119 cm³/mol. The smallest absolute Gasteiger partial charge is 0.287 e. The van der Waals surface area contributed by atoms with Crippen molar-refractivity contribution in [3.8, 4) is 0 Å². The van der Waals surface area contributed by atoms with Gasteiger partial charge in [0.1, 0.15) is 5.76 Å². The second-order valence-electron chi connectivity index (χ2n) is 8.11. The van der Waals surface area contributed by atoms with Crippen molar-refractivity contribution >= 4 is 5.91 Å². The number of aromatic nitrogens is 1. The number of furan rings is 1. The zero-order valence-electron chi connectivity index (χ0n) is 18.4. The van der Waals surface area contributed by atoms with Crippen LogP contribution in [0.15, 0.2) is 53.2 Å². The highest BCUT2D eigenvalue weighted by Gasteiger charge is 2.22. The third kappa shape index (κ3) is 5.03. The van der Waals surface area contributed by atoms with Crippen LogP contribution >= 0.6 is 0 Å². The first-order valence-electron chi connectivity index (χ1n) is 10.7. The van der Waals surface area contributed by atoms with Crippen molar-refractivity contribution in [3.05, 3.63) is 88.1 Å². The molecule has 3 heterocycles. The number of hydrogen-bond donors (Lipinski definition) is 1. The van der Waals surface area contributed by atoms with E-state index in [4.69, 9.17) is 9.15 Å². The second kappa shape index (κ2) is 9.45. The summed E-state index contributed by atoms with van der Waals surface area (Å²) in [6.07, 6.45) is 3.49. The summed E-state index contributed by atoms with van der Waals surface area (Å²) in [4.78, 5) is 19.6. The Balaban J connectivity index is 1.56. The van der Waals surface area contributed by atoms with Gasteiger partial charge in [0, 0.05) is 37.6 Å². The summed E-state index contributed by atoms with van der Waals surface area (Å²) >= 11 is 0. The molecule has 1 fully saturated rings. The fourth-order valence-electron chi connectivity index (χ4n) is 3.85. The van der Waals surface area contributed by atoms with Crippen molar-refractivity contribution in [1.82, 2.24) is 15.2 Å². The molecule has 1 N–H and O–H groups in total.